The van der Waals surface area contributed by atoms with Crippen molar-refractivity contribution in [2.75, 3.05) is 7.11 Å². The Morgan fingerprint density at radius 1 is 1.35 bits per heavy atom. The second-order valence-electron chi connectivity index (χ2n) is 5.41. The number of rotatable bonds is 4. The number of hydrogen-bond donors (Lipinski definition) is 1. The molecular formula is C15H18Cl2O3. The van der Waals surface area contributed by atoms with E-state index in [0.717, 1.165) is 11.3 Å². The zero-order chi connectivity index (χ0) is 14.2. The van der Waals surface area contributed by atoms with E-state index in [0.29, 0.717) is 5.03 Å². The zero-order valence-electron chi connectivity index (χ0n) is 11.6. The van der Waals surface area contributed by atoms with Gasteiger partial charge in [0.25, 0.3) is 0 Å². The van der Waals surface area contributed by atoms with Gasteiger partial charge in [-0.1, -0.05) is 31.5 Å². The predicted octanol–water partition coefficient (Wildman–Crippen LogP) is 4.05. The van der Waals surface area contributed by atoms with Crippen molar-refractivity contribution in [2.24, 2.45) is 17.3 Å². The highest BCUT2D eigenvalue weighted by molar-refractivity contribution is 6.48. The normalized spacial score (nSPS) is 23.7. The lowest BCUT2D eigenvalue weighted by molar-refractivity contribution is -0.139. The second-order valence-corrected chi connectivity index (χ2v) is 5.81. The van der Waals surface area contributed by atoms with Gasteiger partial charge in [0.15, 0.2) is 0 Å². The average Bonchev–Trinajstić information content (AvgIpc) is 2.91. The van der Waals surface area contributed by atoms with Gasteiger partial charge < -0.3 is 9.84 Å². The van der Waals surface area contributed by atoms with Crippen LogP contribution in [-0.4, -0.2) is 18.2 Å². The van der Waals surface area contributed by atoms with E-state index < -0.39 is 5.97 Å². The Balaban J connectivity index is 0.00000200. The van der Waals surface area contributed by atoms with E-state index in [1.54, 1.807) is 7.11 Å². The van der Waals surface area contributed by atoms with E-state index in [2.05, 4.69) is 0 Å². The molecule has 0 aromatic heterocycles. The third kappa shape index (κ3) is 3.10. The quantitative estimate of drug-likeness (QED) is 0.911. The van der Waals surface area contributed by atoms with Crippen LogP contribution in [0.15, 0.2) is 30.3 Å². The Labute approximate surface area is 130 Å². The number of ether oxygens (including phenoxy) is 1. The van der Waals surface area contributed by atoms with Gasteiger partial charge in [-0.25, -0.2) is 0 Å². The Morgan fingerprint density at radius 2 is 1.90 bits per heavy atom. The first kappa shape index (κ1) is 16.9. The summed E-state index contributed by atoms with van der Waals surface area (Å²) in [6.45, 7) is 3.90. The number of allylic oxidation sites excluding steroid dienone is 1. The van der Waals surface area contributed by atoms with E-state index in [4.69, 9.17) is 21.4 Å². The van der Waals surface area contributed by atoms with E-state index >= 15 is 0 Å². The van der Waals surface area contributed by atoms with E-state index in [9.17, 15) is 4.79 Å². The first-order valence-electron chi connectivity index (χ1n) is 6.12. The maximum absolute atomic E-state index is 11.1. The molecule has 110 valence electrons. The van der Waals surface area contributed by atoms with Crippen LogP contribution < -0.4 is 4.74 Å². The monoisotopic (exact) mass is 316 g/mol. The lowest BCUT2D eigenvalue weighted by Gasteiger charge is -2.03. The molecule has 20 heavy (non-hydrogen) atoms. The largest absolute Gasteiger partial charge is 0.497 e. The number of benzene rings is 1. The third-order valence-electron chi connectivity index (χ3n) is 3.87. The van der Waals surface area contributed by atoms with Gasteiger partial charge in [-0.05, 0) is 41.2 Å². The molecule has 2 unspecified atom stereocenters. The molecule has 1 aliphatic rings. The average molecular weight is 317 g/mol. The minimum Gasteiger partial charge on any atom is -0.497 e. The van der Waals surface area contributed by atoms with Crippen LogP contribution in [-0.2, 0) is 4.79 Å². The van der Waals surface area contributed by atoms with Gasteiger partial charge in [-0.15, -0.1) is 12.4 Å². The summed E-state index contributed by atoms with van der Waals surface area (Å²) >= 11 is 6.26. The van der Waals surface area contributed by atoms with Gasteiger partial charge in [-0.2, -0.15) is 0 Å². The Kier molecular flexibility index (Phi) is 5.11. The van der Waals surface area contributed by atoms with E-state index in [1.165, 1.54) is 0 Å². The molecule has 0 bridgehead atoms. The van der Waals surface area contributed by atoms with E-state index in [-0.39, 0.29) is 29.7 Å². The minimum atomic E-state index is -0.759. The van der Waals surface area contributed by atoms with Crippen LogP contribution in [0.4, 0.5) is 0 Å². The number of hydrogen-bond acceptors (Lipinski definition) is 2. The topological polar surface area (TPSA) is 46.5 Å². The lowest BCUT2D eigenvalue weighted by Crippen LogP contribution is -2.03. The van der Waals surface area contributed by atoms with Gasteiger partial charge >= 0.3 is 5.97 Å². The molecule has 1 aromatic carbocycles. The molecule has 5 heteroatoms. The highest BCUT2D eigenvalue weighted by Crippen LogP contribution is 2.59. The van der Waals surface area contributed by atoms with Crippen molar-refractivity contribution in [1.82, 2.24) is 0 Å². The number of methoxy groups -OCH3 is 1. The molecule has 3 nitrogen and oxygen atoms in total. The standard InChI is InChI=1S/C15H17ClO3.ClH/c1-15(2)11(13(15)14(17)18)8-12(16)9-4-6-10(19-3)7-5-9;/h4-8,11,13H,1-3H3,(H,17,18);1H. The van der Waals surface area contributed by atoms with Gasteiger partial charge in [0.05, 0.1) is 13.0 Å². The summed E-state index contributed by atoms with van der Waals surface area (Å²) in [7, 11) is 1.61. The van der Waals surface area contributed by atoms with Crippen LogP contribution in [0.5, 0.6) is 5.75 Å². The molecule has 1 N–H and O–H groups in total. The van der Waals surface area contributed by atoms with Crippen LogP contribution in [0.3, 0.4) is 0 Å². The molecule has 2 rings (SSSR count). The predicted molar refractivity (Wildman–Crippen MR) is 82.5 cm³/mol. The molecule has 0 aliphatic heterocycles. The minimum absolute atomic E-state index is 0. The van der Waals surface area contributed by atoms with Crippen molar-refractivity contribution in [1.29, 1.82) is 0 Å². The van der Waals surface area contributed by atoms with Gasteiger partial charge in [0, 0.05) is 5.03 Å². The summed E-state index contributed by atoms with van der Waals surface area (Å²) < 4.78 is 5.08. The van der Waals surface area contributed by atoms with E-state index in [1.807, 2.05) is 44.2 Å². The second kappa shape index (κ2) is 6.06. The zero-order valence-corrected chi connectivity index (χ0v) is 13.2. The first-order chi connectivity index (χ1) is 8.87. The van der Waals surface area contributed by atoms with Crippen LogP contribution >= 0.6 is 24.0 Å². The van der Waals surface area contributed by atoms with Gasteiger partial charge in [0.2, 0.25) is 0 Å². The number of carboxylic acid groups (broad SMARTS) is 1. The van der Waals surface area contributed by atoms with Crippen molar-refractivity contribution >= 4 is 35.0 Å². The Hall–Kier alpha value is -1.19. The highest BCUT2D eigenvalue weighted by Gasteiger charge is 2.61. The van der Waals surface area contributed by atoms with Crippen molar-refractivity contribution in [3.63, 3.8) is 0 Å². The van der Waals surface area contributed by atoms with Crippen molar-refractivity contribution < 1.29 is 14.6 Å². The van der Waals surface area contributed by atoms with Crippen molar-refractivity contribution in [2.45, 2.75) is 13.8 Å². The SMILES string of the molecule is COc1ccc(C(Cl)=CC2C(C(=O)O)C2(C)C)cc1.Cl. The van der Waals surface area contributed by atoms with Crippen LogP contribution in [0.2, 0.25) is 0 Å². The highest BCUT2D eigenvalue weighted by atomic mass is 35.5. The maximum Gasteiger partial charge on any atom is 0.307 e. The molecular weight excluding hydrogens is 299 g/mol. The van der Waals surface area contributed by atoms with Gasteiger partial charge in [0.1, 0.15) is 5.75 Å². The Bertz CT molecular complexity index is 520. The molecule has 1 aliphatic carbocycles. The lowest BCUT2D eigenvalue weighted by atomic mass is 10.1. The first-order valence-corrected chi connectivity index (χ1v) is 6.50. The summed E-state index contributed by atoms with van der Waals surface area (Å²) in [5, 5.41) is 9.71. The Morgan fingerprint density at radius 3 is 2.30 bits per heavy atom. The van der Waals surface area contributed by atoms with Crippen molar-refractivity contribution in [3.8, 4) is 5.75 Å². The fourth-order valence-corrected chi connectivity index (χ4v) is 2.73. The molecule has 2 atom stereocenters. The molecule has 1 aromatic rings. The summed E-state index contributed by atoms with van der Waals surface area (Å²) in [6, 6.07) is 7.39. The molecule has 1 fully saturated rings. The molecule has 0 amide bonds. The number of aliphatic carboxylic acids is 1. The third-order valence-corrected chi connectivity index (χ3v) is 4.21. The van der Waals surface area contributed by atoms with Crippen molar-refractivity contribution in [3.05, 3.63) is 35.9 Å². The van der Waals surface area contributed by atoms with Crippen LogP contribution in [0, 0.1) is 17.3 Å². The number of carbonyl (C=O) groups is 1. The molecule has 0 spiro atoms. The smallest absolute Gasteiger partial charge is 0.307 e. The van der Waals surface area contributed by atoms with Gasteiger partial charge in [-0.3, -0.25) is 4.79 Å². The fourth-order valence-electron chi connectivity index (χ4n) is 2.46. The van der Waals surface area contributed by atoms with Crippen LogP contribution in [0.25, 0.3) is 5.03 Å². The summed E-state index contributed by atoms with van der Waals surface area (Å²) in [5.41, 5.74) is 0.646. The maximum atomic E-state index is 11.1. The molecule has 0 saturated heterocycles. The number of carboxylic acids is 1. The summed E-state index contributed by atoms with van der Waals surface area (Å²) in [4.78, 5) is 11.1. The van der Waals surface area contributed by atoms with Crippen LogP contribution in [0.1, 0.15) is 19.4 Å². The summed E-state index contributed by atoms with van der Waals surface area (Å²) in [5.74, 6) is -0.354. The molecule has 0 heterocycles. The summed E-state index contributed by atoms with van der Waals surface area (Å²) in [6.07, 6.45) is 1.85. The fraction of sp³-hybridized carbons (Fsp3) is 0.400. The number of halogens is 2. The molecule has 1 saturated carbocycles. The molecule has 0 radical (unpaired) electrons.